The zero-order valence-electron chi connectivity index (χ0n) is 20.1. The Hall–Kier alpha value is -2.27. The SMILES string of the molecule is Cc1ccc(CSc2nnc(NCC(=O)c3cccc(S(=O)(=O)N4CC(C)CC(C)C4)c3)s2)cc1. The number of hydrogen-bond donors (Lipinski definition) is 1. The Balaban J connectivity index is 1.35. The van der Waals surface area contributed by atoms with Crippen molar-refractivity contribution in [3.63, 3.8) is 0 Å². The van der Waals surface area contributed by atoms with Crippen LogP contribution >= 0.6 is 23.1 Å². The molecule has 2 atom stereocenters. The Morgan fingerprint density at radius 2 is 1.83 bits per heavy atom. The van der Waals surface area contributed by atoms with Gasteiger partial charge in [-0.3, -0.25) is 4.79 Å². The van der Waals surface area contributed by atoms with Crippen LogP contribution in [-0.4, -0.2) is 48.3 Å². The largest absolute Gasteiger partial charge is 0.353 e. The summed E-state index contributed by atoms with van der Waals surface area (Å²) in [7, 11) is -3.64. The molecule has 2 aromatic carbocycles. The van der Waals surface area contributed by atoms with Crippen LogP contribution in [0.5, 0.6) is 0 Å². The van der Waals surface area contributed by atoms with E-state index in [2.05, 4.69) is 60.6 Å². The molecule has 0 amide bonds. The average molecular weight is 531 g/mol. The molecule has 7 nitrogen and oxygen atoms in total. The van der Waals surface area contributed by atoms with Crippen molar-refractivity contribution in [1.29, 1.82) is 0 Å². The molecule has 0 spiro atoms. The van der Waals surface area contributed by atoms with Crippen molar-refractivity contribution in [2.24, 2.45) is 11.8 Å². The van der Waals surface area contributed by atoms with Crippen LogP contribution < -0.4 is 5.32 Å². The highest BCUT2D eigenvalue weighted by atomic mass is 32.2. The predicted molar refractivity (Wildman–Crippen MR) is 142 cm³/mol. The van der Waals surface area contributed by atoms with Crippen LogP contribution in [-0.2, 0) is 15.8 Å². The summed E-state index contributed by atoms with van der Waals surface area (Å²) < 4.78 is 28.8. The number of nitrogens with one attached hydrogen (secondary N) is 1. The van der Waals surface area contributed by atoms with Gasteiger partial charge in [0.1, 0.15) is 0 Å². The van der Waals surface area contributed by atoms with Gasteiger partial charge in [0.2, 0.25) is 15.2 Å². The Morgan fingerprint density at radius 3 is 2.54 bits per heavy atom. The van der Waals surface area contributed by atoms with Gasteiger partial charge in [-0.05, 0) is 42.9 Å². The molecule has 2 unspecified atom stereocenters. The van der Waals surface area contributed by atoms with Gasteiger partial charge in [0, 0.05) is 24.4 Å². The molecule has 1 saturated heterocycles. The Labute approximate surface area is 215 Å². The van der Waals surface area contributed by atoms with Gasteiger partial charge in [-0.1, -0.05) is 78.9 Å². The van der Waals surface area contributed by atoms with Gasteiger partial charge in [0.15, 0.2) is 10.1 Å². The van der Waals surface area contributed by atoms with Crippen molar-refractivity contribution in [2.45, 2.75) is 42.2 Å². The molecule has 4 rings (SSSR count). The van der Waals surface area contributed by atoms with Crippen LogP contribution in [0.15, 0.2) is 57.8 Å². The van der Waals surface area contributed by atoms with E-state index in [-0.39, 0.29) is 17.2 Å². The number of aromatic nitrogens is 2. The first-order valence-corrected chi connectivity index (χ1v) is 14.8. The summed E-state index contributed by atoms with van der Waals surface area (Å²) in [4.78, 5) is 13.0. The molecule has 1 aromatic heterocycles. The Bertz CT molecular complexity index is 1270. The lowest BCUT2D eigenvalue weighted by atomic mass is 9.94. The highest BCUT2D eigenvalue weighted by molar-refractivity contribution is 8.00. The third kappa shape index (κ3) is 6.69. The van der Waals surface area contributed by atoms with E-state index in [9.17, 15) is 13.2 Å². The van der Waals surface area contributed by atoms with E-state index in [1.807, 2.05) is 0 Å². The van der Waals surface area contributed by atoms with Crippen molar-refractivity contribution in [1.82, 2.24) is 14.5 Å². The van der Waals surface area contributed by atoms with Crippen LogP contribution in [0, 0.1) is 18.8 Å². The summed E-state index contributed by atoms with van der Waals surface area (Å²) in [5, 5.41) is 11.9. The first-order chi connectivity index (χ1) is 16.7. The minimum atomic E-state index is -3.64. The number of sulfonamides is 1. The molecule has 3 aromatic rings. The molecule has 0 aliphatic carbocycles. The number of carbonyl (C=O) groups excluding carboxylic acids is 1. The summed E-state index contributed by atoms with van der Waals surface area (Å²) >= 11 is 2.99. The maximum Gasteiger partial charge on any atom is 0.243 e. The first-order valence-electron chi connectivity index (χ1n) is 11.6. The topological polar surface area (TPSA) is 92.3 Å². The summed E-state index contributed by atoms with van der Waals surface area (Å²) in [6.07, 6.45) is 1.02. The summed E-state index contributed by atoms with van der Waals surface area (Å²) in [6.45, 7) is 7.24. The van der Waals surface area contributed by atoms with Crippen LogP contribution in [0.1, 0.15) is 41.8 Å². The molecule has 1 fully saturated rings. The van der Waals surface area contributed by atoms with E-state index in [4.69, 9.17) is 0 Å². The third-order valence-corrected chi connectivity index (χ3v) is 9.83. The van der Waals surface area contributed by atoms with E-state index in [0.29, 0.717) is 35.6 Å². The predicted octanol–water partition coefficient (Wildman–Crippen LogP) is 5.10. The van der Waals surface area contributed by atoms with E-state index < -0.39 is 10.0 Å². The van der Waals surface area contributed by atoms with Gasteiger partial charge in [-0.15, -0.1) is 10.2 Å². The second kappa shape index (κ2) is 11.2. The number of piperidine rings is 1. The monoisotopic (exact) mass is 530 g/mol. The lowest BCUT2D eigenvalue weighted by Gasteiger charge is -2.34. The molecule has 1 aliphatic heterocycles. The lowest BCUT2D eigenvalue weighted by molar-refractivity contribution is 0.101. The van der Waals surface area contributed by atoms with Gasteiger partial charge >= 0.3 is 0 Å². The fraction of sp³-hybridized carbons (Fsp3) is 0.400. The van der Waals surface area contributed by atoms with Crippen molar-refractivity contribution in [3.8, 4) is 0 Å². The highest BCUT2D eigenvalue weighted by Gasteiger charge is 2.32. The molecule has 186 valence electrons. The van der Waals surface area contributed by atoms with Gasteiger partial charge in [-0.25, -0.2) is 8.42 Å². The number of Topliss-reactive ketones (excluding diaryl/α,β-unsaturated/α-hetero) is 1. The van der Waals surface area contributed by atoms with Gasteiger partial charge in [0.25, 0.3) is 0 Å². The van der Waals surface area contributed by atoms with Crippen molar-refractivity contribution in [3.05, 3.63) is 65.2 Å². The zero-order valence-corrected chi connectivity index (χ0v) is 22.5. The quantitative estimate of drug-likeness (QED) is 0.304. The van der Waals surface area contributed by atoms with Crippen LogP contribution in [0.4, 0.5) is 5.13 Å². The second-order valence-corrected chi connectivity index (χ2v) is 13.4. The van der Waals surface area contributed by atoms with Crippen molar-refractivity contribution < 1.29 is 13.2 Å². The van der Waals surface area contributed by atoms with Crippen LogP contribution in [0.3, 0.4) is 0 Å². The molecular weight excluding hydrogens is 501 g/mol. The number of benzene rings is 2. The number of aryl methyl sites for hydroxylation is 1. The van der Waals surface area contributed by atoms with Crippen molar-refractivity contribution in [2.75, 3.05) is 25.0 Å². The summed E-state index contributed by atoms with van der Waals surface area (Å²) in [6, 6.07) is 14.7. The smallest absolute Gasteiger partial charge is 0.243 e. The molecule has 1 aliphatic rings. The number of ketones is 1. The fourth-order valence-electron chi connectivity index (χ4n) is 4.21. The number of nitrogens with zero attached hydrogens (tertiary/aromatic N) is 3. The molecule has 0 saturated carbocycles. The minimum absolute atomic E-state index is 0.0124. The van der Waals surface area contributed by atoms with E-state index in [1.54, 1.807) is 34.3 Å². The van der Waals surface area contributed by atoms with Gasteiger partial charge in [0.05, 0.1) is 11.4 Å². The fourth-order valence-corrected chi connectivity index (χ4v) is 7.64. The normalized spacial score (nSPS) is 18.9. The maximum atomic E-state index is 13.2. The minimum Gasteiger partial charge on any atom is -0.353 e. The highest BCUT2D eigenvalue weighted by Crippen LogP contribution is 2.29. The number of rotatable bonds is 9. The number of carbonyl (C=O) groups is 1. The molecule has 35 heavy (non-hydrogen) atoms. The molecule has 2 heterocycles. The number of anilines is 1. The average Bonchev–Trinajstić information content (AvgIpc) is 3.29. The van der Waals surface area contributed by atoms with E-state index >= 15 is 0 Å². The van der Waals surface area contributed by atoms with E-state index in [0.717, 1.165) is 16.5 Å². The van der Waals surface area contributed by atoms with Crippen LogP contribution in [0.2, 0.25) is 0 Å². The molecule has 1 N–H and O–H groups in total. The third-order valence-electron chi connectivity index (χ3n) is 5.92. The van der Waals surface area contributed by atoms with Gasteiger partial charge < -0.3 is 5.32 Å². The molecular formula is C25H30N4O3S3. The standard InChI is InChI=1S/C25H30N4O3S3/c1-17-7-9-20(10-8-17)16-33-25-28-27-24(34-25)26-13-23(30)21-5-4-6-22(12-21)35(31,32)29-14-18(2)11-19(3)15-29/h4-10,12,18-19H,11,13-16H2,1-3H3,(H,26,27). The number of thioether (sulfide) groups is 1. The van der Waals surface area contributed by atoms with Crippen molar-refractivity contribution >= 4 is 44.0 Å². The second-order valence-electron chi connectivity index (χ2n) is 9.22. The first kappa shape index (κ1) is 25.8. The van der Waals surface area contributed by atoms with Gasteiger partial charge in [-0.2, -0.15) is 4.31 Å². The lowest BCUT2D eigenvalue weighted by Crippen LogP contribution is -2.42. The molecule has 10 heteroatoms. The zero-order chi connectivity index (χ0) is 25.0. The summed E-state index contributed by atoms with van der Waals surface area (Å²) in [5.74, 6) is 1.22. The Morgan fingerprint density at radius 1 is 1.11 bits per heavy atom. The summed E-state index contributed by atoms with van der Waals surface area (Å²) in [5.41, 5.74) is 2.80. The molecule has 0 radical (unpaired) electrons. The maximum absolute atomic E-state index is 13.2. The Kier molecular flexibility index (Phi) is 8.26. The van der Waals surface area contributed by atoms with Crippen LogP contribution in [0.25, 0.3) is 0 Å². The molecule has 0 bridgehead atoms. The van der Waals surface area contributed by atoms with E-state index in [1.165, 1.54) is 28.5 Å². The number of hydrogen-bond acceptors (Lipinski definition) is 8.